The summed E-state index contributed by atoms with van der Waals surface area (Å²) in [6, 6.07) is 11.9. The fourth-order valence-electron chi connectivity index (χ4n) is 2.29. The second-order valence-corrected chi connectivity index (χ2v) is 6.81. The van der Waals surface area contributed by atoms with Crippen LogP contribution in [0.4, 0.5) is 5.69 Å². The van der Waals surface area contributed by atoms with Crippen molar-refractivity contribution in [1.29, 1.82) is 0 Å². The zero-order chi connectivity index (χ0) is 20.3. The van der Waals surface area contributed by atoms with E-state index in [0.717, 1.165) is 0 Å². The molecule has 1 heterocycles. The van der Waals surface area contributed by atoms with E-state index in [1.807, 2.05) is 0 Å². The number of amides is 1. The standard InChI is InChI=1S/C18H11BrClN3O5/c19-11-2-5-16(24)13(8-11)18(25)22-21-9-12-3-6-17(28-12)10-1-4-14(20)15(7-10)23(26)27/h1-9,24H,(H,22,25)/b21-9+. The number of nitro groups is 1. The highest BCUT2D eigenvalue weighted by Crippen LogP contribution is 2.31. The van der Waals surface area contributed by atoms with Crippen molar-refractivity contribution >= 4 is 45.3 Å². The maximum Gasteiger partial charge on any atom is 0.288 e. The van der Waals surface area contributed by atoms with Crippen LogP contribution in [0.3, 0.4) is 0 Å². The van der Waals surface area contributed by atoms with Gasteiger partial charge in [0.05, 0.1) is 16.7 Å². The molecule has 1 aromatic heterocycles. The molecule has 0 atom stereocenters. The Morgan fingerprint density at radius 2 is 2.04 bits per heavy atom. The minimum atomic E-state index is -0.602. The first-order valence-corrected chi connectivity index (χ1v) is 8.88. The van der Waals surface area contributed by atoms with Crippen LogP contribution in [-0.4, -0.2) is 22.2 Å². The molecule has 0 bridgehead atoms. The number of hydrogen-bond acceptors (Lipinski definition) is 6. The van der Waals surface area contributed by atoms with E-state index >= 15 is 0 Å². The SMILES string of the molecule is O=C(N/N=C/c1ccc(-c2ccc(Cl)c([N+](=O)[O-])c2)o1)c1cc(Br)ccc1O. The van der Waals surface area contributed by atoms with Gasteiger partial charge in [0.25, 0.3) is 11.6 Å². The van der Waals surface area contributed by atoms with Crippen LogP contribution in [-0.2, 0) is 0 Å². The average molecular weight is 465 g/mol. The summed E-state index contributed by atoms with van der Waals surface area (Å²) in [6.45, 7) is 0. The molecule has 0 unspecified atom stereocenters. The first kappa shape index (κ1) is 19.6. The Morgan fingerprint density at radius 3 is 2.79 bits per heavy atom. The molecule has 10 heteroatoms. The van der Waals surface area contributed by atoms with Crippen molar-refractivity contribution in [3.05, 3.63) is 79.5 Å². The summed E-state index contributed by atoms with van der Waals surface area (Å²) in [5, 5.41) is 24.5. The molecule has 142 valence electrons. The Bertz CT molecular complexity index is 1100. The second-order valence-electron chi connectivity index (χ2n) is 5.49. The van der Waals surface area contributed by atoms with Crippen molar-refractivity contribution < 1.29 is 19.2 Å². The fourth-order valence-corrected chi connectivity index (χ4v) is 2.84. The Kier molecular flexibility index (Phi) is 5.76. The van der Waals surface area contributed by atoms with Gasteiger partial charge in [-0.3, -0.25) is 14.9 Å². The maximum atomic E-state index is 12.1. The van der Waals surface area contributed by atoms with E-state index in [0.29, 0.717) is 21.6 Å². The molecule has 0 aliphatic rings. The van der Waals surface area contributed by atoms with Crippen LogP contribution in [0.2, 0.25) is 5.02 Å². The molecule has 3 rings (SSSR count). The highest BCUT2D eigenvalue weighted by molar-refractivity contribution is 9.10. The number of halogens is 2. The monoisotopic (exact) mass is 463 g/mol. The maximum absolute atomic E-state index is 12.1. The van der Waals surface area contributed by atoms with E-state index in [9.17, 15) is 20.0 Å². The van der Waals surface area contributed by atoms with Crippen molar-refractivity contribution in [3.8, 4) is 17.1 Å². The molecule has 0 fully saturated rings. The van der Waals surface area contributed by atoms with E-state index in [1.54, 1.807) is 24.3 Å². The van der Waals surface area contributed by atoms with Gasteiger partial charge in [-0.15, -0.1) is 0 Å². The van der Waals surface area contributed by atoms with Crippen molar-refractivity contribution in [3.63, 3.8) is 0 Å². The summed E-state index contributed by atoms with van der Waals surface area (Å²) in [5.41, 5.74) is 2.58. The highest BCUT2D eigenvalue weighted by Gasteiger charge is 2.15. The van der Waals surface area contributed by atoms with Crippen LogP contribution >= 0.6 is 27.5 Å². The Hall–Kier alpha value is -3.17. The van der Waals surface area contributed by atoms with E-state index < -0.39 is 10.8 Å². The molecule has 1 amide bonds. The van der Waals surface area contributed by atoms with Gasteiger partial charge in [-0.2, -0.15) is 5.10 Å². The number of benzene rings is 2. The van der Waals surface area contributed by atoms with E-state index in [2.05, 4.69) is 26.5 Å². The molecule has 8 nitrogen and oxygen atoms in total. The summed E-state index contributed by atoms with van der Waals surface area (Å²) >= 11 is 9.02. The van der Waals surface area contributed by atoms with Gasteiger partial charge in [0, 0.05) is 16.1 Å². The topological polar surface area (TPSA) is 118 Å². The highest BCUT2D eigenvalue weighted by atomic mass is 79.9. The molecule has 0 radical (unpaired) electrons. The van der Waals surface area contributed by atoms with Gasteiger partial charge < -0.3 is 9.52 Å². The van der Waals surface area contributed by atoms with Crippen LogP contribution in [0.5, 0.6) is 5.75 Å². The van der Waals surface area contributed by atoms with Crippen molar-refractivity contribution in [1.82, 2.24) is 5.43 Å². The molecule has 0 aliphatic carbocycles. The summed E-state index contributed by atoms with van der Waals surface area (Å²) in [5.74, 6) is -0.0979. The lowest BCUT2D eigenvalue weighted by molar-refractivity contribution is -0.384. The minimum absolute atomic E-state index is 0.0283. The third-order valence-corrected chi connectivity index (χ3v) is 4.43. The number of nitrogens with zero attached hydrogens (tertiary/aromatic N) is 2. The summed E-state index contributed by atoms with van der Waals surface area (Å²) in [7, 11) is 0. The fraction of sp³-hybridized carbons (Fsp3) is 0. The third kappa shape index (κ3) is 4.38. The number of aromatic hydroxyl groups is 1. The van der Waals surface area contributed by atoms with Crippen LogP contribution in [0.25, 0.3) is 11.3 Å². The summed E-state index contributed by atoms with van der Waals surface area (Å²) < 4.78 is 6.18. The summed E-state index contributed by atoms with van der Waals surface area (Å²) in [6.07, 6.45) is 1.26. The van der Waals surface area contributed by atoms with Gasteiger partial charge in [-0.25, -0.2) is 5.43 Å². The Morgan fingerprint density at radius 1 is 1.25 bits per heavy atom. The number of carbonyl (C=O) groups excluding carboxylic acids is 1. The quantitative estimate of drug-likeness (QED) is 0.321. The lowest BCUT2D eigenvalue weighted by Gasteiger charge is -2.03. The molecule has 0 saturated carbocycles. The van der Waals surface area contributed by atoms with E-state index in [-0.39, 0.29) is 22.0 Å². The average Bonchev–Trinajstić information content (AvgIpc) is 3.12. The van der Waals surface area contributed by atoms with Gasteiger partial charge in [0.1, 0.15) is 22.3 Å². The molecule has 3 aromatic rings. The van der Waals surface area contributed by atoms with Gasteiger partial charge >= 0.3 is 0 Å². The molecule has 0 spiro atoms. The van der Waals surface area contributed by atoms with Gasteiger partial charge in [0.2, 0.25) is 0 Å². The zero-order valence-corrected chi connectivity index (χ0v) is 16.3. The van der Waals surface area contributed by atoms with Crippen molar-refractivity contribution in [2.75, 3.05) is 0 Å². The number of phenols is 1. The Balaban J connectivity index is 1.73. The lowest BCUT2D eigenvalue weighted by atomic mass is 10.1. The van der Waals surface area contributed by atoms with Crippen LogP contribution in [0, 0.1) is 10.1 Å². The number of phenolic OH excluding ortho intramolecular Hbond substituents is 1. The van der Waals surface area contributed by atoms with E-state index in [4.69, 9.17) is 16.0 Å². The second kappa shape index (κ2) is 8.24. The smallest absolute Gasteiger partial charge is 0.288 e. The molecule has 0 aliphatic heterocycles. The van der Waals surface area contributed by atoms with Crippen molar-refractivity contribution in [2.45, 2.75) is 0 Å². The number of nitrogens with one attached hydrogen (secondary N) is 1. The van der Waals surface area contributed by atoms with Crippen LogP contribution in [0.1, 0.15) is 16.1 Å². The van der Waals surface area contributed by atoms with Crippen LogP contribution < -0.4 is 5.43 Å². The molecule has 0 saturated heterocycles. The number of nitro benzene ring substituents is 1. The normalized spacial score (nSPS) is 10.9. The predicted molar refractivity (Wildman–Crippen MR) is 107 cm³/mol. The number of carbonyl (C=O) groups is 1. The first-order valence-electron chi connectivity index (χ1n) is 7.71. The number of hydrogen-bond donors (Lipinski definition) is 2. The Labute approximate surface area is 171 Å². The molecular formula is C18H11BrClN3O5. The molecular weight excluding hydrogens is 454 g/mol. The van der Waals surface area contributed by atoms with Gasteiger partial charge in [0.15, 0.2) is 0 Å². The molecule has 28 heavy (non-hydrogen) atoms. The van der Waals surface area contributed by atoms with Crippen molar-refractivity contribution in [2.24, 2.45) is 5.10 Å². The number of furan rings is 1. The number of rotatable bonds is 5. The lowest BCUT2D eigenvalue weighted by Crippen LogP contribution is -2.17. The van der Waals surface area contributed by atoms with Gasteiger partial charge in [-0.05, 0) is 42.5 Å². The minimum Gasteiger partial charge on any atom is -0.507 e. The van der Waals surface area contributed by atoms with Gasteiger partial charge in [-0.1, -0.05) is 27.5 Å². The third-order valence-electron chi connectivity index (χ3n) is 3.62. The predicted octanol–water partition coefficient (Wildman–Crippen LogP) is 4.74. The largest absolute Gasteiger partial charge is 0.507 e. The summed E-state index contributed by atoms with van der Waals surface area (Å²) in [4.78, 5) is 22.5. The zero-order valence-electron chi connectivity index (χ0n) is 13.9. The number of hydrazone groups is 1. The first-order chi connectivity index (χ1) is 13.3. The molecule has 2 N–H and O–H groups in total. The van der Waals surface area contributed by atoms with Crippen LogP contribution in [0.15, 0.2) is 62.5 Å². The molecule has 2 aromatic carbocycles. The van der Waals surface area contributed by atoms with E-state index in [1.165, 1.54) is 30.5 Å².